The lowest BCUT2D eigenvalue weighted by Gasteiger charge is -2.50. The van der Waals surface area contributed by atoms with Gasteiger partial charge in [0.2, 0.25) is 41.4 Å². The number of nitrogens with one attached hydrogen (secondary N) is 7. The van der Waals surface area contributed by atoms with Crippen molar-refractivity contribution in [3.05, 3.63) is 0 Å². The molecule has 21 N–H and O–H groups in total. The summed E-state index contributed by atoms with van der Waals surface area (Å²) < 4.78 is 84.9. The van der Waals surface area contributed by atoms with Gasteiger partial charge >= 0.3 is 0 Å². The highest BCUT2D eigenvalue weighted by Crippen LogP contribution is 2.39. The minimum Gasteiger partial charge on any atom is -0.390 e. The molecular formula is C79H111N7O35. The number of ether oxygens (including phenoxy) is 14. The average Bonchev–Trinajstić information content (AvgIpc) is 0.768. The monoisotopic (exact) mass is 1720 g/mol. The maximum atomic E-state index is 13.3. The van der Waals surface area contributed by atoms with Gasteiger partial charge in [-0.2, -0.15) is 0 Å². The first kappa shape index (κ1) is 100. The van der Waals surface area contributed by atoms with Gasteiger partial charge < -0.3 is 175 Å². The third-order valence-electron chi connectivity index (χ3n) is 20.9. The van der Waals surface area contributed by atoms with Crippen molar-refractivity contribution in [1.29, 1.82) is 0 Å². The molecule has 0 saturated carbocycles. The van der Waals surface area contributed by atoms with Crippen LogP contribution in [0.4, 0.5) is 0 Å². The number of carbonyl (C=O) groups excluding carboxylic acids is 7. The van der Waals surface area contributed by atoms with Gasteiger partial charge in [-0.25, -0.2) is 0 Å². The fraction of sp³-hybridized carbons (Fsp3) is 0.734. The Kier molecular flexibility index (Phi) is 41.0. The van der Waals surface area contributed by atoms with E-state index >= 15 is 0 Å². The van der Waals surface area contributed by atoms with E-state index in [1.807, 2.05) is 0 Å². The topological polar surface area (TPSA) is 616 Å². The van der Waals surface area contributed by atoms with E-state index in [2.05, 4.69) is 78.7 Å². The number of amides is 7. The molecule has 42 nitrogen and oxygen atoms in total. The molecular weight excluding hydrogens is 1610 g/mol. The van der Waals surface area contributed by atoms with Gasteiger partial charge in [0.05, 0.1) is 12.2 Å². The molecule has 42 heteroatoms. The summed E-state index contributed by atoms with van der Waals surface area (Å²) in [6.07, 6.45) is -30.5. The normalized spacial score (nSPS) is 37.7. The second-order valence-corrected chi connectivity index (χ2v) is 29.4. The van der Waals surface area contributed by atoms with Gasteiger partial charge in [0, 0.05) is 149 Å². The van der Waals surface area contributed by atoms with Crippen LogP contribution in [0.15, 0.2) is 0 Å². The number of hydrogen-bond acceptors (Lipinski definition) is 35. The number of hydrogen-bond donors (Lipinski definition) is 21. The number of carbonyl (C=O) groups is 7. The molecule has 7 saturated heterocycles. The van der Waals surface area contributed by atoms with Crippen molar-refractivity contribution in [3.8, 4) is 86.4 Å². The van der Waals surface area contributed by atoms with Crippen LogP contribution in [0, 0.1) is 92.3 Å². The Labute approximate surface area is 698 Å². The highest BCUT2D eigenvalue weighted by molar-refractivity contribution is 5.78. The lowest BCUT2D eigenvalue weighted by atomic mass is 9.90. The predicted molar refractivity (Wildman–Crippen MR) is 408 cm³/mol. The van der Waals surface area contributed by atoms with E-state index < -0.39 is 295 Å². The molecule has 672 valence electrons. The average molecular weight is 1720 g/mol. The van der Waals surface area contributed by atoms with Crippen molar-refractivity contribution in [2.24, 2.45) is 5.92 Å². The maximum Gasteiger partial charge on any atom is 0.221 e. The van der Waals surface area contributed by atoms with E-state index in [0.29, 0.717) is 0 Å². The molecule has 121 heavy (non-hydrogen) atoms. The molecule has 7 aliphatic rings. The summed E-state index contributed by atoms with van der Waals surface area (Å²) in [7, 11) is 1.15. The van der Waals surface area contributed by atoms with Crippen LogP contribution in [0.25, 0.3) is 0 Å². The predicted octanol–water partition coefficient (Wildman–Crippen LogP) is -10.6. The highest BCUT2D eigenvalue weighted by Gasteiger charge is 2.59. The third kappa shape index (κ3) is 27.8. The van der Waals surface area contributed by atoms with E-state index in [9.17, 15) is 105 Å². The Hall–Kier alpha value is -7.91. The van der Waals surface area contributed by atoms with Crippen molar-refractivity contribution in [3.63, 3.8) is 0 Å². The first-order valence-corrected chi connectivity index (χ1v) is 39.3. The van der Waals surface area contributed by atoms with E-state index in [-0.39, 0.29) is 96.4 Å². The summed E-state index contributed by atoms with van der Waals surface area (Å²) >= 11 is 0. The molecule has 14 unspecified atom stereocenters. The standard InChI is InChI=1S/C79H111N7O35/c1-10-17-24-46(87)80-31-39-38(8)53(94)60(101)74(109-39)116-68-41(33-82-48(89)26-19-12-3)111-76(62(103)55(68)96)118-70-43(35-84-50(91)28-21-14-5)113-78(64(105)57(70)98)120-72-45(37-86-52(93)30-23-16-7)115-79(66(107)59(72)100)121-71-44(36-85-51(92)29-22-15-6)114-77(65(106)58(71)99)119-69-42(34-83-49(90)27-20-13-4)112-75(63(104)56(69)97)117-67-40(32-81-47(88)25-18-11-2)110-73(108-9)61(102)54(67)95/h1-7,38-45,53-79,94-107H,17-37H2,8-9H3,(H,80,87)(H,81,88)(H,82,89)(H,83,90)(H,84,91)(H,85,92)(H,86,93)/t38-,39?,40?,41?,42?,43?,44?,45?,53+,54-,55-,56-,57-,58-,59-,60?,61?,62?,63?,64?,65?,66?,67-,68-,69-,70-,71-,72-,73+,74-,75-,76-,77-,78-,79-/m1/s1. The number of terminal acetylenes is 7. The van der Waals surface area contributed by atoms with E-state index in [1.165, 1.54) is 6.92 Å². The van der Waals surface area contributed by atoms with E-state index in [1.54, 1.807) is 0 Å². The van der Waals surface area contributed by atoms with Crippen LogP contribution in [-0.4, -0.2) is 375 Å². The zero-order valence-electron chi connectivity index (χ0n) is 66.4. The molecule has 7 rings (SSSR count). The van der Waals surface area contributed by atoms with Crippen LogP contribution in [0.2, 0.25) is 0 Å². The number of aliphatic hydroxyl groups excluding tert-OH is 14. The lowest BCUT2D eigenvalue weighted by molar-refractivity contribution is -0.393. The minimum absolute atomic E-state index is 0.0270. The second-order valence-electron chi connectivity index (χ2n) is 29.4. The van der Waals surface area contributed by atoms with Crippen molar-refractivity contribution in [2.45, 2.75) is 306 Å². The van der Waals surface area contributed by atoms with Crippen LogP contribution in [-0.2, 0) is 99.9 Å². The van der Waals surface area contributed by atoms with Gasteiger partial charge in [-0.15, -0.1) is 86.4 Å². The molecule has 0 aromatic carbocycles. The summed E-state index contributed by atoms with van der Waals surface area (Å²) in [4.78, 5) is 91.2. The van der Waals surface area contributed by atoms with Crippen molar-refractivity contribution in [1.82, 2.24) is 37.2 Å². The van der Waals surface area contributed by atoms with Crippen LogP contribution in [0.5, 0.6) is 0 Å². The smallest absolute Gasteiger partial charge is 0.221 e. The molecule has 0 spiro atoms. The molecule has 7 aliphatic heterocycles. The van der Waals surface area contributed by atoms with Gasteiger partial charge in [0.15, 0.2) is 44.0 Å². The molecule has 35 atom stereocenters. The summed E-state index contributed by atoms with van der Waals surface area (Å²) in [5, 5.41) is 184. The Balaban J connectivity index is 1.15. The SMILES string of the molecule is C#CCCC(=O)NCC1O[C@H](O[C@@H]2C(CNC(=O)CCC#C)O[C@H](O[C@@H]3C(CNC(=O)CCC#C)O[C@H](O[C@@H]4C(CNC(=O)CCC#C)O[C@H](O[C@@H]5C(CNC(=O)CCC#C)O[C@H](O[C@@H]6C(CNC(=O)CCC#C)O[C@H](O[C@@H]7C(CNC(=O)CCC#C)O[C@H](OC)C(O)[C@H]7O)C(O)[C@H]6O)C(O)[C@H]5O)C(O)[C@H]4O)C(O)[C@H]3O)C(O)[C@H]2O)C(O)[C@@H](O)[C@@H]1C. The fourth-order valence-electron chi connectivity index (χ4n) is 13.9. The molecule has 0 bridgehead atoms. The zero-order chi connectivity index (χ0) is 88.9. The van der Waals surface area contributed by atoms with Gasteiger partial charge in [-0.05, 0) is 0 Å². The summed E-state index contributed by atoms with van der Waals surface area (Å²) in [6, 6.07) is 0. The van der Waals surface area contributed by atoms with Crippen LogP contribution in [0.1, 0.15) is 96.8 Å². The van der Waals surface area contributed by atoms with Crippen molar-refractivity contribution >= 4 is 41.4 Å². The molecule has 0 radical (unpaired) electrons. The number of rotatable bonds is 41. The summed E-state index contributed by atoms with van der Waals surface area (Å²) in [5.41, 5.74) is 0. The Morgan fingerprint density at radius 1 is 0.248 bits per heavy atom. The third-order valence-corrected chi connectivity index (χ3v) is 20.9. The quantitative estimate of drug-likeness (QED) is 0.0253. The van der Waals surface area contributed by atoms with E-state index in [4.69, 9.17) is 111 Å². The van der Waals surface area contributed by atoms with Gasteiger partial charge in [0.1, 0.15) is 153 Å². The Morgan fingerprint density at radius 3 is 0.570 bits per heavy atom. The molecule has 0 aromatic heterocycles. The lowest BCUT2D eigenvalue weighted by Crippen LogP contribution is -2.69. The van der Waals surface area contributed by atoms with Gasteiger partial charge in [-0.1, -0.05) is 6.92 Å². The Morgan fingerprint density at radius 2 is 0.397 bits per heavy atom. The maximum absolute atomic E-state index is 13.3. The molecule has 0 aromatic rings. The van der Waals surface area contributed by atoms with Gasteiger partial charge in [0.25, 0.3) is 0 Å². The Bertz CT molecular complexity index is 3670. The number of methoxy groups -OCH3 is 1. The molecule has 0 aliphatic carbocycles. The highest BCUT2D eigenvalue weighted by atomic mass is 16.8. The van der Waals surface area contributed by atoms with Crippen molar-refractivity contribution in [2.75, 3.05) is 52.9 Å². The van der Waals surface area contributed by atoms with Crippen LogP contribution >= 0.6 is 0 Å². The first-order valence-electron chi connectivity index (χ1n) is 39.3. The zero-order valence-corrected chi connectivity index (χ0v) is 66.4. The first-order chi connectivity index (χ1) is 57.8. The molecule has 7 amide bonds. The largest absolute Gasteiger partial charge is 0.390 e. The molecule has 7 heterocycles. The molecule has 7 fully saturated rings. The number of aliphatic hydroxyl groups is 14. The van der Waals surface area contributed by atoms with E-state index in [0.717, 1.165) is 7.11 Å². The van der Waals surface area contributed by atoms with Crippen molar-refractivity contribution < 1.29 is 171 Å². The minimum atomic E-state index is -2.38. The summed E-state index contributed by atoms with van der Waals surface area (Å²) in [6.45, 7) is -2.39. The fourth-order valence-corrected chi connectivity index (χ4v) is 13.9. The van der Waals surface area contributed by atoms with Crippen LogP contribution in [0.3, 0.4) is 0 Å². The summed E-state index contributed by atoms with van der Waals surface area (Å²) in [5.74, 6) is 10.9. The second kappa shape index (κ2) is 49.5. The van der Waals surface area contributed by atoms with Gasteiger partial charge in [-0.3, -0.25) is 33.6 Å². The van der Waals surface area contributed by atoms with Crippen LogP contribution < -0.4 is 37.2 Å².